The lowest BCUT2D eigenvalue weighted by atomic mass is 9.96. The second-order valence-corrected chi connectivity index (χ2v) is 5.69. The van der Waals surface area contributed by atoms with Gasteiger partial charge in [-0.1, -0.05) is 35.9 Å². The molecule has 1 aliphatic heterocycles. The number of carbonyl (C=O) groups is 1. The molecular weight excluding hydrogens is 286 g/mol. The van der Waals surface area contributed by atoms with Crippen LogP contribution >= 0.6 is 11.6 Å². The lowest BCUT2D eigenvalue weighted by molar-refractivity contribution is 0.178. The molecule has 1 aromatic rings. The van der Waals surface area contributed by atoms with Crippen molar-refractivity contribution < 1.29 is 4.79 Å². The number of amides is 2. The van der Waals surface area contributed by atoms with E-state index < -0.39 is 0 Å². The van der Waals surface area contributed by atoms with Gasteiger partial charge in [-0.05, 0) is 36.5 Å². The van der Waals surface area contributed by atoms with Crippen molar-refractivity contribution >= 4 is 23.7 Å². The van der Waals surface area contributed by atoms with Gasteiger partial charge in [-0.15, -0.1) is 0 Å². The molecule has 0 bridgehead atoms. The van der Waals surface area contributed by atoms with Gasteiger partial charge in [-0.3, -0.25) is 0 Å². The molecule has 0 aromatic heterocycles. The molecule has 1 aromatic carbocycles. The van der Waals surface area contributed by atoms with Crippen molar-refractivity contribution in [1.82, 2.24) is 10.2 Å². The lowest BCUT2D eigenvalue weighted by Crippen LogP contribution is -2.45. The van der Waals surface area contributed by atoms with Crippen molar-refractivity contribution in [3.8, 4) is 0 Å². The number of nitrogens with two attached hydrogens (primary N) is 1. The summed E-state index contributed by atoms with van der Waals surface area (Å²) in [5.41, 5.74) is 6.54. The van der Waals surface area contributed by atoms with Crippen LogP contribution in [0, 0.1) is 5.92 Å². The van der Waals surface area contributed by atoms with Gasteiger partial charge < -0.3 is 16.0 Å². The molecule has 0 aliphatic carbocycles. The largest absolute Gasteiger partial charge is 0.337 e. The van der Waals surface area contributed by atoms with Crippen LogP contribution in [0.3, 0.4) is 0 Å². The van der Waals surface area contributed by atoms with E-state index in [-0.39, 0.29) is 6.03 Å². The summed E-state index contributed by atoms with van der Waals surface area (Å²) in [6.07, 6.45) is 6.36. The Morgan fingerprint density at radius 1 is 1.33 bits per heavy atom. The molecule has 1 aliphatic rings. The Morgan fingerprint density at radius 2 is 2.00 bits per heavy atom. The Balaban J connectivity index is 1.78. The zero-order valence-corrected chi connectivity index (χ0v) is 12.9. The summed E-state index contributed by atoms with van der Waals surface area (Å²) >= 11 is 5.87. The van der Waals surface area contributed by atoms with E-state index >= 15 is 0 Å². The molecule has 4 nitrogen and oxygen atoms in total. The summed E-state index contributed by atoms with van der Waals surface area (Å²) in [4.78, 5) is 13.7. The third-order valence-corrected chi connectivity index (χ3v) is 3.93. The molecule has 114 valence electrons. The van der Waals surface area contributed by atoms with Crippen molar-refractivity contribution in [1.29, 1.82) is 0 Å². The van der Waals surface area contributed by atoms with Crippen LogP contribution in [0.5, 0.6) is 0 Å². The standard InChI is InChI=1S/C16H22ClN3O/c17-15-5-3-13(4-6-15)1-2-14-7-11-20(12-8-14)16(21)19-10-9-18/h1-6,14H,7-12,18H2,(H,19,21)/b2-1+. The van der Waals surface area contributed by atoms with Crippen molar-refractivity contribution in [3.63, 3.8) is 0 Å². The number of hydrogen-bond donors (Lipinski definition) is 2. The Bertz CT molecular complexity index is 479. The fourth-order valence-corrected chi connectivity index (χ4v) is 2.53. The van der Waals surface area contributed by atoms with E-state index in [1.807, 2.05) is 29.2 Å². The van der Waals surface area contributed by atoms with Crippen LogP contribution < -0.4 is 11.1 Å². The minimum Gasteiger partial charge on any atom is -0.337 e. The van der Waals surface area contributed by atoms with Crippen molar-refractivity contribution in [2.24, 2.45) is 11.7 Å². The normalized spacial score (nSPS) is 16.4. The molecule has 1 heterocycles. The average Bonchev–Trinajstić information content (AvgIpc) is 2.52. The number of urea groups is 1. The number of likely N-dealkylation sites (tertiary alicyclic amines) is 1. The third-order valence-electron chi connectivity index (χ3n) is 3.68. The predicted molar refractivity (Wildman–Crippen MR) is 87.2 cm³/mol. The first kappa shape index (κ1) is 15.9. The SMILES string of the molecule is NCCNC(=O)N1CCC(/C=C/c2ccc(Cl)cc2)CC1. The molecule has 0 unspecified atom stereocenters. The number of halogens is 1. The van der Waals surface area contributed by atoms with E-state index in [1.54, 1.807) is 0 Å². The predicted octanol–water partition coefficient (Wildman–Crippen LogP) is 2.73. The molecule has 1 saturated heterocycles. The Labute approximate surface area is 130 Å². The van der Waals surface area contributed by atoms with Crippen LogP contribution in [0.4, 0.5) is 4.79 Å². The summed E-state index contributed by atoms with van der Waals surface area (Å²) in [7, 11) is 0. The maximum atomic E-state index is 11.8. The van der Waals surface area contributed by atoms with E-state index in [4.69, 9.17) is 17.3 Å². The lowest BCUT2D eigenvalue weighted by Gasteiger charge is -2.30. The first-order valence-electron chi connectivity index (χ1n) is 7.35. The van der Waals surface area contributed by atoms with Crippen molar-refractivity contribution in [2.75, 3.05) is 26.2 Å². The second kappa shape index (κ2) is 8.05. The van der Waals surface area contributed by atoms with Crippen LogP contribution in [-0.4, -0.2) is 37.1 Å². The fourth-order valence-electron chi connectivity index (χ4n) is 2.41. The number of benzene rings is 1. The molecule has 2 rings (SSSR count). The molecule has 0 saturated carbocycles. The number of allylic oxidation sites excluding steroid dienone is 1. The minimum atomic E-state index is 0.000538. The molecule has 0 spiro atoms. The number of carbonyl (C=O) groups excluding carboxylic acids is 1. The van der Waals surface area contributed by atoms with Crippen LogP contribution in [0.2, 0.25) is 5.02 Å². The molecule has 3 N–H and O–H groups in total. The highest BCUT2D eigenvalue weighted by Gasteiger charge is 2.20. The maximum absolute atomic E-state index is 11.8. The third kappa shape index (κ3) is 5.06. The van der Waals surface area contributed by atoms with E-state index in [1.165, 1.54) is 0 Å². The Hall–Kier alpha value is -1.52. The molecule has 0 atom stereocenters. The highest BCUT2D eigenvalue weighted by atomic mass is 35.5. The second-order valence-electron chi connectivity index (χ2n) is 5.26. The summed E-state index contributed by atoms with van der Waals surface area (Å²) in [6.45, 7) is 2.61. The van der Waals surface area contributed by atoms with E-state index in [2.05, 4.69) is 17.5 Å². The van der Waals surface area contributed by atoms with Gasteiger partial charge in [0, 0.05) is 31.2 Å². The molecule has 1 fully saturated rings. The number of nitrogens with one attached hydrogen (secondary N) is 1. The zero-order chi connectivity index (χ0) is 15.1. The van der Waals surface area contributed by atoms with Gasteiger partial charge in [0.05, 0.1) is 0 Å². The summed E-state index contributed by atoms with van der Waals surface area (Å²) in [5.74, 6) is 0.527. The van der Waals surface area contributed by atoms with Gasteiger partial charge in [0.25, 0.3) is 0 Å². The zero-order valence-electron chi connectivity index (χ0n) is 12.1. The molecule has 5 heteroatoms. The number of nitrogens with zero attached hydrogens (tertiary/aromatic N) is 1. The summed E-state index contributed by atoms with van der Waals surface area (Å²) in [6, 6.07) is 7.81. The quantitative estimate of drug-likeness (QED) is 0.898. The minimum absolute atomic E-state index is 0.000538. The molecule has 0 radical (unpaired) electrons. The average molecular weight is 308 g/mol. The van der Waals surface area contributed by atoms with Gasteiger partial charge in [0.2, 0.25) is 0 Å². The number of hydrogen-bond acceptors (Lipinski definition) is 2. The fraction of sp³-hybridized carbons (Fsp3) is 0.438. The summed E-state index contributed by atoms with van der Waals surface area (Å²) in [5, 5.41) is 3.57. The highest BCUT2D eigenvalue weighted by molar-refractivity contribution is 6.30. The van der Waals surface area contributed by atoms with Crippen LogP contribution in [0.15, 0.2) is 30.3 Å². The van der Waals surface area contributed by atoms with E-state index in [0.717, 1.165) is 36.5 Å². The van der Waals surface area contributed by atoms with Crippen molar-refractivity contribution in [2.45, 2.75) is 12.8 Å². The number of rotatable bonds is 4. The topological polar surface area (TPSA) is 58.4 Å². The molecule has 2 amide bonds. The van der Waals surface area contributed by atoms with Crippen LogP contribution in [0.1, 0.15) is 18.4 Å². The highest BCUT2D eigenvalue weighted by Crippen LogP contribution is 2.20. The maximum Gasteiger partial charge on any atom is 0.317 e. The van der Waals surface area contributed by atoms with E-state index in [0.29, 0.717) is 19.0 Å². The van der Waals surface area contributed by atoms with Crippen molar-refractivity contribution in [3.05, 3.63) is 40.9 Å². The first-order valence-corrected chi connectivity index (χ1v) is 7.73. The van der Waals surface area contributed by atoms with Gasteiger partial charge in [0.1, 0.15) is 0 Å². The van der Waals surface area contributed by atoms with Crippen LogP contribution in [0.25, 0.3) is 6.08 Å². The number of piperidine rings is 1. The van der Waals surface area contributed by atoms with Crippen LogP contribution in [-0.2, 0) is 0 Å². The van der Waals surface area contributed by atoms with Gasteiger partial charge >= 0.3 is 6.03 Å². The Kier molecular flexibility index (Phi) is 6.08. The monoisotopic (exact) mass is 307 g/mol. The van der Waals surface area contributed by atoms with Gasteiger partial charge in [-0.2, -0.15) is 0 Å². The van der Waals surface area contributed by atoms with Gasteiger partial charge in [-0.25, -0.2) is 4.79 Å². The summed E-state index contributed by atoms with van der Waals surface area (Å²) < 4.78 is 0. The molecular formula is C16H22ClN3O. The van der Waals surface area contributed by atoms with Gasteiger partial charge in [0.15, 0.2) is 0 Å². The Morgan fingerprint density at radius 3 is 2.62 bits per heavy atom. The first-order chi connectivity index (χ1) is 10.2. The van der Waals surface area contributed by atoms with E-state index in [9.17, 15) is 4.79 Å². The smallest absolute Gasteiger partial charge is 0.317 e. The molecule has 21 heavy (non-hydrogen) atoms.